The van der Waals surface area contributed by atoms with Crippen LogP contribution in [0.25, 0.3) is 0 Å². The molecule has 2 rings (SSSR count). The summed E-state index contributed by atoms with van der Waals surface area (Å²) in [6, 6.07) is 12.5. The number of nitro groups is 1. The van der Waals surface area contributed by atoms with Crippen LogP contribution in [0.5, 0.6) is 0 Å². The van der Waals surface area contributed by atoms with Crippen LogP contribution in [-0.2, 0) is 0 Å². The van der Waals surface area contributed by atoms with Crippen molar-refractivity contribution in [3.8, 4) is 0 Å². The summed E-state index contributed by atoms with van der Waals surface area (Å²) in [5.41, 5.74) is 0.828. The number of benzene rings is 1. The maximum atomic E-state index is 11.1. The molecule has 6 heteroatoms. The van der Waals surface area contributed by atoms with Gasteiger partial charge in [-0.15, -0.1) is 0 Å². The van der Waals surface area contributed by atoms with Crippen molar-refractivity contribution in [2.75, 3.05) is 23.8 Å². The molecule has 0 aliphatic rings. The molecule has 20 heavy (non-hydrogen) atoms. The molecule has 1 aromatic heterocycles. The molecule has 0 fully saturated rings. The molecule has 0 atom stereocenters. The first-order chi connectivity index (χ1) is 9.63. The van der Waals surface area contributed by atoms with Gasteiger partial charge in [0, 0.05) is 25.3 Å². The van der Waals surface area contributed by atoms with Crippen molar-refractivity contribution in [2.45, 2.75) is 6.92 Å². The Kier molecular flexibility index (Phi) is 4.14. The van der Waals surface area contributed by atoms with Crippen LogP contribution in [0.15, 0.2) is 42.5 Å². The van der Waals surface area contributed by atoms with Gasteiger partial charge in [-0.25, -0.2) is 4.98 Å². The van der Waals surface area contributed by atoms with Crippen molar-refractivity contribution in [1.29, 1.82) is 0 Å². The average molecular weight is 272 g/mol. The molecular formula is C14H16N4O2. The van der Waals surface area contributed by atoms with Crippen LogP contribution >= 0.6 is 0 Å². The molecule has 0 unspecified atom stereocenters. The highest BCUT2D eigenvalue weighted by atomic mass is 16.6. The van der Waals surface area contributed by atoms with Crippen molar-refractivity contribution in [3.05, 3.63) is 52.6 Å². The van der Waals surface area contributed by atoms with Crippen LogP contribution in [0.3, 0.4) is 0 Å². The van der Waals surface area contributed by atoms with Crippen molar-refractivity contribution in [3.63, 3.8) is 0 Å². The normalized spacial score (nSPS) is 10.1. The van der Waals surface area contributed by atoms with Gasteiger partial charge in [0.25, 0.3) is 0 Å². The molecule has 0 saturated heterocycles. The molecule has 0 spiro atoms. The van der Waals surface area contributed by atoms with Gasteiger partial charge in [-0.05, 0) is 25.1 Å². The van der Waals surface area contributed by atoms with Crippen LogP contribution in [0.2, 0.25) is 0 Å². The van der Waals surface area contributed by atoms with E-state index in [1.165, 1.54) is 6.07 Å². The quantitative estimate of drug-likeness (QED) is 0.668. The third-order valence-corrected chi connectivity index (χ3v) is 2.87. The third-order valence-electron chi connectivity index (χ3n) is 2.87. The second kappa shape index (κ2) is 6.01. The Morgan fingerprint density at radius 2 is 1.95 bits per heavy atom. The number of aromatic nitrogens is 1. The Morgan fingerprint density at radius 3 is 2.55 bits per heavy atom. The van der Waals surface area contributed by atoms with Gasteiger partial charge >= 0.3 is 5.69 Å². The molecule has 104 valence electrons. The Bertz CT molecular complexity index is 601. The number of nitrogens with one attached hydrogen (secondary N) is 1. The number of hydrogen-bond acceptors (Lipinski definition) is 5. The monoisotopic (exact) mass is 272 g/mol. The second-order valence-corrected chi connectivity index (χ2v) is 4.22. The van der Waals surface area contributed by atoms with Gasteiger partial charge in [0.1, 0.15) is 5.82 Å². The van der Waals surface area contributed by atoms with E-state index in [1.54, 1.807) is 18.0 Å². The first-order valence-electron chi connectivity index (χ1n) is 6.31. The van der Waals surface area contributed by atoms with Gasteiger partial charge in [0.05, 0.1) is 4.92 Å². The minimum atomic E-state index is -0.419. The zero-order valence-electron chi connectivity index (χ0n) is 11.4. The summed E-state index contributed by atoms with van der Waals surface area (Å²) < 4.78 is 0. The lowest BCUT2D eigenvalue weighted by atomic mass is 10.3. The predicted octanol–water partition coefficient (Wildman–Crippen LogP) is 3.19. The minimum absolute atomic E-state index is 0.0157. The number of rotatable bonds is 5. The van der Waals surface area contributed by atoms with Crippen LogP contribution in [0.4, 0.5) is 23.0 Å². The zero-order valence-corrected chi connectivity index (χ0v) is 11.4. The van der Waals surface area contributed by atoms with Gasteiger partial charge in [-0.1, -0.05) is 18.2 Å². The van der Waals surface area contributed by atoms with E-state index in [0.29, 0.717) is 18.2 Å². The Labute approximate surface area is 117 Å². The van der Waals surface area contributed by atoms with Crippen molar-refractivity contribution in [2.24, 2.45) is 0 Å². The van der Waals surface area contributed by atoms with Crippen LogP contribution in [-0.4, -0.2) is 23.5 Å². The van der Waals surface area contributed by atoms with Gasteiger partial charge in [0.15, 0.2) is 0 Å². The number of hydrogen-bond donors (Lipinski definition) is 1. The van der Waals surface area contributed by atoms with E-state index < -0.39 is 4.92 Å². The topological polar surface area (TPSA) is 71.3 Å². The van der Waals surface area contributed by atoms with Crippen molar-refractivity contribution < 1.29 is 4.92 Å². The molecule has 1 N–H and O–H groups in total. The average Bonchev–Trinajstić information content (AvgIpc) is 2.47. The molecule has 0 aliphatic carbocycles. The first kappa shape index (κ1) is 13.8. The Hall–Kier alpha value is -2.63. The molecule has 1 heterocycles. The first-order valence-corrected chi connectivity index (χ1v) is 6.31. The summed E-state index contributed by atoms with van der Waals surface area (Å²) in [6.45, 7) is 2.66. The smallest absolute Gasteiger partial charge is 0.312 e. The molecule has 0 saturated carbocycles. The molecule has 6 nitrogen and oxygen atoms in total. The fourth-order valence-electron chi connectivity index (χ4n) is 1.88. The van der Waals surface area contributed by atoms with Crippen molar-refractivity contribution >= 4 is 23.0 Å². The molecule has 2 aromatic rings. The van der Waals surface area contributed by atoms with E-state index >= 15 is 0 Å². The SMILES string of the molecule is CCNc1ccc([N+](=O)[O-])c(N(C)c2ccccc2)n1. The van der Waals surface area contributed by atoms with Gasteiger partial charge < -0.3 is 10.2 Å². The summed E-state index contributed by atoms with van der Waals surface area (Å²) in [5, 5.41) is 14.2. The number of pyridine rings is 1. The third kappa shape index (κ3) is 2.85. The maximum absolute atomic E-state index is 11.1. The van der Waals surface area contributed by atoms with E-state index in [9.17, 15) is 10.1 Å². The Balaban J connectivity index is 2.46. The number of para-hydroxylation sites is 1. The highest BCUT2D eigenvalue weighted by Crippen LogP contribution is 2.31. The Morgan fingerprint density at radius 1 is 1.25 bits per heavy atom. The van der Waals surface area contributed by atoms with Gasteiger partial charge in [0.2, 0.25) is 5.82 Å². The zero-order chi connectivity index (χ0) is 14.5. The molecule has 1 aromatic carbocycles. The number of nitrogens with zero attached hydrogens (tertiary/aromatic N) is 3. The summed E-state index contributed by atoms with van der Waals surface area (Å²) in [5.74, 6) is 0.940. The van der Waals surface area contributed by atoms with E-state index in [-0.39, 0.29) is 5.69 Å². The lowest BCUT2D eigenvalue weighted by Gasteiger charge is -2.18. The summed E-state index contributed by atoms with van der Waals surface area (Å²) in [7, 11) is 1.76. The standard InChI is InChI=1S/C14H16N4O2/c1-3-15-13-10-9-12(18(19)20)14(16-13)17(2)11-7-5-4-6-8-11/h4-10H,3H2,1-2H3,(H,15,16). The molecule has 0 amide bonds. The highest BCUT2D eigenvalue weighted by molar-refractivity contribution is 5.69. The van der Waals surface area contributed by atoms with E-state index in [2.05, 4.69) is 10.3 Å². The fourth-order valence-corrected chi connectivity index (χ4v) is 1.88. The molecule has 0 radical (unpaired) electrons. The van der Waals surface area contributed by atoms with Crippen LogP contribution < -0.4 is 10.2 Å². The van der Waals surface area contributed by atoms with Crippen LogP contribution in [0, 0.1) is 10.1 Å². The van der Waals surface area contributed by atoms with Crippen molar-refractivity contribution in [1.82, 2.24) is 4.98 Å². The predicted molar refractivity (Wildman–Crippen MR) is 79.6 cm³/mol. The maximum Gasteiger partial charge on any atom is 0.312 e. The van der Waals surface area contributed by atoms with E-state index in [1.807, 2.05) is 37.3 Å². The van der Waals surface area contributed by atoms with Crippen LogP contribution in [0.1, 0.15) is 6.92 Å². The summed E-state index contributed by atoms with van der Waals surface area (Å²) >= 11 is 0. The minimum Gasteiger partial charge on any atom is -0.370 e. The van der Waals surface area contributed by atoms with Gasteiger partial charge in [-0.2, -0.15) is 0 Å². The van der Waals surface area contributed by atoms with Gasteiger partial charge in [-0.3, -0.25) is 10.1 Å². The molecular weight excluding hydrogens is 256 g/mol. The lowest BCUT2D eigenvalue weighted by Crippen LogP contribution is -2.14. The highest BCUT2D eigenvalue weighted by Gasteiger charge is 2.20. The van der Waals surface area contributed by atoms with E-state index in [0.717, 1.165) is 5.69 Å². The number of anilines is 3. The van der Waals surface area contributed by atoms with E-state index in [4.69, 9.17) is 0 Å². The summed E-state index contributed by atoms with van der Waals surface area (Å²) in [4.78, 5) is 16.8. The molecule has 0 aliphatic heterocycles. The fraction of sp³-hybridized carbons (Fsp3) is 0.214. The summed E-state index contributed by atoms with van der Waals surface area (Å²) in [6.07, 6.45) is 0. The second-order valence-electron chi connectivity index (χ2n) is 4.22. The lowest BCUT2D eigenvalue weighted by molar-refractivity contribution is -0.384. The largest absolute Gasteiger partial charge is 0.370 e. The molecule has 0 bridgehead atoms.